The smallest absolute Gasteiger partial charge is 0.0915 e. The van der Waals surface area contributed by atoms with E-state index in [-0.39, 0.29) is 11.5 Å². The second kappa shape index (κ2) is 9.39. The molecule has 216 valence electrons. The molecular weight excluding hydrogens is 464 g/mol. The molecule has 0 heterocycles. The third kappa shape index (κ3) is 3.66. The maximum absolute atomic E-state index is 11.2. The zero-order valence-electron chi connectivity index (χ0n) is 26.3. The van der Waals surface area contributed by atoms with Gasteiger partial charge < -0.3 is 9.84 Å². The fourth-order valence-corrected chi connectivity index (χ4v) is 12.5. The Bertz CT molecular complexity index is 951. The van der Waals surface area contributed by atoms with Gasteiger partial charge in [0.2, 0.25) is 0 Å². The monoisotopic (exact) mass is 524 g/mol. The maximum atomic E-state index is 11.2. The number of rotatable bonds is 6. The van der Waals surface area contributed by atoms with Gasteiger partial charge >= 0.3 is 0 Å². The van der Waals surface area contributed by atoms with Gasteiger partial charge in [0, 0.05) is 5.41 Å². The first-order valence-corrected chi connectivity index (χ1v) is 16.4. The summed E-state index contributed by atoms with van der Waals surface area (Å²) in [5.74, 6) is 4.49. The quantitative estimate of drug-likeness (QED) is 0.277. The van der Waals surface area contributed by atoms with E-state index in [4.69, 9.17) is 4.74 Å². The van der Waals surface area contributed by atoms with Crippen LogP contribution in [0, 0.1) is 62.6 Å². The van der Waals surface area contributed by atoms with Crippen LogP contribution in [0.2, 0.25) is 0 Å². The van der Waals surface area contributed by atoms with Crippen molar-refractivity contribution in [3.8, 4) is 0 Å². The second-order valence-corrected chi connectivity index (χ2v) is 16.3. The average molecular weight is 525 g/mol. The number of aliphatic hydroxyl groups is 1. The number of fused-ring (bicyclic) bond motifs is 7. The van der Waals surface area contributed by atoms with E-state index < -0.39 is 0 Å². The molecule has 1 unspecified atom stereocenters. The molecule has 38 heavy (non-hydrogen) atoms. The molecule has 0 aromatic carbocycles. The predicted molar refractivity (Wildman–Crippen MR) is 160 cm³/mol. The molecule has 0 aromatic heterocycles. The average Bonchev–Trinajstić information content (AvgIpc) is 3.26. The molecule has 0 bridgehead atoms. The van der Waals surface area contributed by atoms with Crippen molar-refractivity contribution in [2.75, 3.05) is 6.61 Å². The predicted octanol–water partition coefficient (Wildman–Crippen LogP) is 10.1. The van der Waals surface area contributed by atoms with E-state index in [0.717, 1.165) is 37.0 Å². The summed E-state index contributed by atoms with van der Waals surface area (Å²) in [5, 5.41) is 11.2. The standard InChI is InChI=1S/C36H60O2/c1-11-32(7)25(5)14-17-33(8)29(32)16-18-35(10)30(33)13-12-28-31-27(24(4)22-38-23(2)3)15-19-36(31,26(6)37)21-20-34(28,35)9/h23,25,27-31,37H,4,6,11-22H2,1-3,5,7-10H3/t25-,27-,28?,29-,30+,31+,32+,33-,34+,35+,36+/m0/s1. The van der Waals surface area contributed by atoms with Crippen LogP contribution in [0.5, 0.6) is 0 Å². The Labute approximate surface area is 235 Å². The van der Waals surface area contributed by atoms with Gasteiger partial charge in [-0.2, -0.15) is 0 Å². The lowest BCUT2D eigenvalue weighted by atomic mass is 9.31. The lowest BCUT2D eigenvalue weighted by molar-refractivity contribution is -0.243. The molecule has 11 atom stereocenters. The minimum Gasteiger partial charge on any atom is -0.512 e. The van der Waals surface area contributed by atoms with Gasteiger partial charge in [-0.25, -0.2) is 0 Å². The summed E-state index contributed by atoms with van der Waals surface area (Å²) in [6.45, 7) is 29.6. The minimum atomic E-state index is -0.124. The summed E-state index contributed by atoms with van der Waals surface area (Å²) in [6, 6.07) is 0. The van der Waals surface area contributed by atoms with E-state index in [2.05, 4.69) is 68.5 Å². The first kappa shape index (κ1) is 28.8. The van der Waals surface area contributed by atoms with Crippen LogP contribution in [0.15, 0.2) is 24.5 Å². The summed E-state index contributed by atoms with van der Waals surface area (Å²) in [5.41, 5.74) is 2.74. The van der Waals surface area contributed by atoms with E-state index in [0.29, 0.717) is 51.8 Å². The lowest BCUT2D eigenvalue weighted by Gasteiger charge is -2.73. The van der Waals surface area contributed by atoms with Gasteiger partial charge in [0.25, 0.3) is 0 Å². The van der Waals surface area contributed by atoms with Crippen LogP contribution in [-0.4, -0.2) is 17.8 Å². The maximum Gasteiger partial charge on any atom is 0.0915 e. The Morgan fingerprint density at radius 3 is 2.21 bits per heavy atom. The fraction of sp³-hybridized carbons (Fsp3) is 0.889. The van der Waals surface area contributed by atoms with Crippen LogP contribution in [0.1, 0.15) is 126 Å². The molecule has 0 aromatic rings. The molecule has 0 spiro atoms. The van der Waals surface area contributed by atoms with Gasteiger partial charge in [-0.05, 0) is 141 Å². The molecule has 0 saturated heterocycles. The van der Waals surface area contributed by atoms with Crippen LogP contribution in [0.25, 0.3) is 0 Å². The summed E-state index contributed by atoms with van der Waals surface area (Å²) >= 11 is 0. The van der Waals surface area contributed by atoms with Gasteiger partial charge in [0.15, 0.2) is 0 Å². The minimum absolute atomic E-state index is 0.124. The van der Waals surface area contributed by atoms with E-state index >= 15 is 0 Å². The summed E-state index contributed by atoms with van der Waals surface area (Å²) < 4.78 is 6.08. The number of hydrogen-bond donors (Lipinski definition) is 1. The van der Waals surface area contributed by atoms with E-state index in [1.807, 2.05) is 0 Å². The molecule has 5 fully saturated rings. The Hall–Kier alpha value is -0.760. The van der Waals surface area contributed by atoms with E-state index in [9.17, 15) is 5.11 Å². The van der Waals surface area contributed by atoms with Crippen molar-refractivity contribution in [1.29, 1.82) is 0 Å². The molecule has 0 radical (unpaired) electrons. The Kier molecular flexibility index (Phi) is 7.10. The third-order valence-electron chi connectivity index (χ3n) is 15.2. The van der Waals surface area contributed by atoms with E-state index in [1.54, 1.807) is 0 Å². The molecule has 5 rings (SSSR count). The molecular formula is C36H60O2. The highest BCUT2D eigenvalue weighted by atomic mass is 16.5. The highest BCUT2D eigenvalue weighted by Crippen LogP contribution is 2.78. The van der Waals surface area contributed by atoms with Gasteiger partial charge in [-0.3, -0.25) is 0 Å². The summed E-state index contributed by atoms with van der Waals surface area (Å²) in [6.07, 6.45) is 14.4. The topological polar surface area (TPSA) is 29.5 Å². The van der Waals surface area contributed by atoms with Gasteiger partial charge in [0.1, 0.15) is 0 Å². The Morgan fingerprint density at radius 2 is 1.58 bits per heavy atom. The molecule has 5 saturated carbocycles. The molecule has 1 N–H and O–H groups in total. The van der Waals surface area contributed by atoms with Crippen molar-refractivity contribution in [3.05, 3.63) is 24.5 Å². The molecule has 5 aliphatic carbocycles. The molecule has 0 aliphatic heterocycles. The first-order chi connectivity index (χ1) is 17.7. The second-order valence-electron chi connectivity index (χ2n) is 16.3. The van der Waals surface area contributed by atoms with Crippen molar-refractivity contribution in [2.24, 2.45) is 62.6 Å². The Balaban J connectivity index is 1.52. The van der Waals surface area contributed by atoms with Gasteiger partial charge in [0.05, 0.1) is 18.5 Å². The van der Waals surface area contributed by atoms with Crippen LogP contribution < -0.4 is 0 Å². The zero-order valence-corrected chi connectivity index (χ0v) is 26.3. The number of allylic oxidation sites excluding steroid dienone is 1. The van der Waals surface area contributed by atoms with Gasteiger partial charge in [-0.15, -0.1) is 0 Å². The summed E-state index contributed by atoms with van der Waals surface area (Å²) in [7, 11) is 0. The largest absolute Gasteiger partial charge is 0.512 e. The molecule has 2 nitrogen and oxygen atoms in total. The highest BCUT2D eigenvalue weighted by Gasteiger charge is 2.71. The van der Waals surface area contributed by atoms with Crippen molar-refractivity contribution >= 4 is 0 Å². The van der Waals surface area contributed by atoms with Crippen LogP contribution >= 0.6 is 0 Å². The van der Waals surface area contributed by atoms with Crippen molar-refractivity contribution in [2.45, 2.75) is 132 Å². The van der Waals surface area contributed by atoms with E-state index in [1.165, 1.54) is 56.9 Å². The molecule has 2 heteroatoms. The molecule has 5 aliphatic rings. The summed E-state index contributed by atoms with van der Waals surface area (Å²) in [4.78, 5) is 0. The van der Waals surface area contributed by atoms with Crippen molar-refractivity contribution in [1.82, 2.24) is 0 Å². The van der Waals surface area contributed by atoms with Crippen molar-refractivity contribution < 1.29 is 9.84 Å². The van der Waals surface area contributed by atoms with Gasteiger partial charge in [-0.1, -0.05) is 61.1 Å². The van der Waals surface area contributed by atoms with Crippen LogP contribution in [0.3, 0.4) is 0 Å². The van der Waals surface area contributed by atoms with Crippen LogP contribution in [0.4, 0.5) is 0 Å². The zero-order chi connectivity index (χ0) is 27.9. The first-order valence-electron chi connectivity index (χ1n) is 16.4. The van der Waals surface area contributed by atoms with Crippen LogP contribution in [-0.2, 0) is 4.74 Å². The Morgan fingerprint density at radius 1 is 0.868 bits per heavy atom. The number of hydrogen-bond acceptors (Lipinski definition) is 2. The number of ether oxygens (including phenoxy) is 1. The fourth-order valence-electron chi connectivity index (χ4n) is 12.5. The van der Waals surface area contributed by atoms with Crippen molar-refractivity contribution in [3.63, 3.8) is 0 Å². The lowest BCUT2D eigenvalue weighted by Crippen LogP contribution is -2.66. The molecule has 0 amide bonds. The SMILES string of the molecule is C=C(COC(C)C)[C@@H]1CC[C@]2(C(=C)O)CC[C@]3(C)C(CC[C@@H]4[C@@]5(C)CC[C@H](C)[C@@](C)(CC)[C@@H]5CC[C@]43C)[C@@H]12. The highest BCUT2D eigenvalue weighted by molar-refractivity contribution is 5.26. The normalized spacial score (nSPS) is 52.0. The third-order valence-corrected chi connectivity index (χ3v) is 15.2. The number of aliphatic hydroxyl groups excluding tert-OH is 1.